The van der Waals surface area contributed by atoms with Crippen molar-refractivity contribution in [2.75, 3.05) is 5.73 Å². The Labute approximate surface area is 105 Å². The quantitative estimate of drug-likeness (QED) is 0.745. The highest BCUT2D eigenvalue weighted by molar-refractivity contribution is 5.78. The first-order valence-electron chi connectivity index (χ1n) is 5.90. The number of hydrogen-bond donors (Lipinski definition) is 1. The molecule has 0 saturated heterocycles. The van der Waals surface area contributed by atoms with Gasteiger partial charge >= 0.3 is 0 Å². The summed E-state index contributed by atoms with van der Waals surface area (Å²) in [5.41, 5.74) is 8.94. The molecule has 90 valence electrons. The van der Waals surface area contributed by atoms with Gasteiger partial charge in [0.05, 0.1) is 0 Å². The van der Waals surface area contributed by atoms with Gasteiger partial charge in [0.15, 0.2) is 0 Å². The molecule has 3 nitrogen and oxygen atoms in total. The van der Waals surface area contributed by atoms with Crippen molar-refractivity contribution in [1.82, 2.24) is 4.98 Å². The summed E-state index contributed by atoms with van der Waals surface area (Å²) < 4.78 is 5.81. The smallest absolute Gasteiger partial charge is 0.134 e. The van der Waals surface area contributed by atoms with E-state index in [1.807, 2.05) is 18.2 Å². The van der Waals surface area contributed by atoms with E-state index in [0.29, 0.717) is 5.82 Å². The van der Waals surface area contributed by atoms with Crippen LogP contribution in [0.3, 0.4) is 0 Å². The molecule has 2 aromatic heterocycles. The molecular formula is C15H14N2O. The van der Waals surface area contributed by atoms with E-state index in [2.05, 4.69) is 30.1 Å². The van der Waals surface area contributed by atoms with E-state index in [-0.39, 0.29) is 0 Å². The highest BCUT2D eigenvalue weighted by atomic mass is 16.3. The zero-order chi connectivity index (χ0) is 12.5. The Balaban J connectivity index is 1.95. The van der Waals surface area contributed by atoms with Crippen LogP contribution in [0.2, 0.25) is 0 Å². The molecule has 3 rings (SSSR count). The number of rotatable bonds is 2. The van der Waals surface area contributed by atoms with Crippen LogP contribution in [0.1, 0.15) is 16.9 Å². The minimum Gasteiger partial charge on any atom is -0.461 e. The number of pyridine rings is 1. The monoisotopic (exact) mass is 238 g/mol. The number of nitrogens with two attached hydrogens (primary N) is 1. The number of furan rings is 1. The van der Waals surface area contributed by atoms with Crippen LogP contribution in [0, 0.1) is 6.92 Å². The standard InChI is InChI=1S/C15H14N2O/c1-10-2-3-14-12(6-10)9-13(18-14)7-11-4-5-17-15(16)8-11/h2-6,8-9H,7H2,1H3,(H2,16,17). The van der Waals surface area contributed by atoms with Crippen molar-refractivity contribution in [2.45, 2.75) is 13.3 Å². The van der Waals surface area contributed by atoms with Gasteiger partial charge in [-0.2, -0.15) is 0 Å². The Morgan fingerprint density at radius 3 is 2.89 bits per heavy atom. The van der Waals surface area contributed by atoms with E-state index in [4.69, 9.17) is 10.2 Å². The van der Waals surface area contributed by atoms with E-state index in [1.54, 1.807) is 6.20 Å². The number of nitrogens with zero attached hydrogens (tertiary/aromatic N) is 1. The van der Waals surface area contributed by atoms with Gasteiger partial charge in [0.2, 0.25) is 0 Å². The number of hydrogen-bond acceptors (Lipinski definition) is 3. The summed E-state index contributed by atoms with van der Waals surface area (Å²) in [6.45, 7) is 2.08. The molecule has 3 heteroatoms. The molecule has 0 saturated carbocycles. The number of nitrogen functional groups attached to an aromatic ring is 1. The summed E-state index contributed by atoms with van der Waals surface area (Å²) in [5.74, 6) is 1.49. The topological polar surface area (TPSA) is 52.0 Å². The summed E-state index contributed by atoms with van der Waals surface area (Å²) >= 11 is 0. The van der Waals surface area contributed by atoms with Gasteiger partial charge in [-0.25, -0.2) is 4.98 Å². The molecule has 0 aliphatic heterocycles. The Bertz CT molecular complexity index is 701. The Morgan fingerprint density at radius 2 is 2.06 bits per heavy atom. The SMILES string of the molecule is Cc1ccc2oc(Cc3ccnc(N)c3)cc2c1. The maximum atomic E-state index is 5.81. The molecule has 0 radical (unpaired) electrons. The molecule has 0 spiro atoms. The summed E-state index contributed by atoms with van der Waals surface area (Å²) in [7, 11) is 0. The largest absolute Gasteiger partial charge is 0.461 e. The molecule has 2 N–H and O–H groups in total. The number of anilines is 1. The maximum absolute atomic E-state index is 5.81. The molecular weight excluding hydrogens is 224 g/mol. The Hall–Kier alpha value is -2.29. The average molecular weight is 238 g/mol. The minimum atomic E-state index is 0.541. The molecule has 0 atom stereocenters. The van der Waals surface area contributed by atoms with Gasteiger partial charge in [-0.15, -0.1) is 0 Å². The summed E-state index contributed by atoms with van der Waals surface area (Å²) in [6.07, 6.45) is 2.46. The molecule has 0 fully saturated rings. The zero-order valence-corrected chi connectivity index (χ0v) is 10.2. The first kappa shape index (κ1) is 10.8. The summed E-state index contributed by atoms with van der Waals surface area (Å²) in [5, 5.41) is 1.15. The Morgan fingerprint density at radius 1 is 1.17 bits per heavy atom. The number of benzene rings is 1. The highest BCUT2D eigenvalue weighted by Gasteiger charge is 2.05. The van der Waals surface area contributed by atoms with E-state index in [0.717, 1.165) is 28.7 Å². The van der Waals surface area contributed by atoms with Gasteiger partial charge < -0.3 is 10.2 Å². The van der Waals surface area contributed by atoms with Crippen LogP contribution in [-0.4, -0.2) is 4.98 Å². The van der Waals surface area contributed by atoms with E-state index >= 15 is 0 Å². The lowest BCUT2D eigenvalue weighted by molar-refractivity contribution is 0.562. The van der Waals surface area contributed by atoms with Crippen LogP contribution in [0.5, 0.6) is 0 Å². The van der Waals surface area contributed by atoms with Crippen molar-refractivity contribution in [3.8, 4) is 0 Å². The van der Waals surface area contributed by atoms with Crippen LogP contribution < -0.4 is 5.73 Å². The Kier molecular flexibility index (Phi) is 2.52. The van der Waals surface area contributed by atoms with E-state index in [1.165, 1.54) is 5.56 Å². The second-order valence-electron chi connectivity index (χ2n) is 4.52. The third kappa shape index (κ3) is 2.07. The number of aromatic nitrogens is 1. The number of aryl methyl sites for hydroxylation is 1. The lowest BCUT2D eigenvalue weighted by Gasteiger charge is -1.98. The predicted octanol–water partition coefficient (Wildman–Crippen LogP) is 3.31. The molecule has 0 aliphatic carbocycles. The second-order valence-corrected chi connectivity index (χ2v) is 4.52. The summed E-state index contributed by atoms with van der Waals surface area (Å²) in [6, 6.07) is 12.1. The second kappa shape index (κ2) is 4.18. The highest BCUT2D eigenvalue weighted by Crippen LogP contribution is 2.22. The van der Waals surface area contributed by atoms with Gasteiger partial charge in [-0.3, -0.25) is 0 Å². The lowest BCUT2D eigenvalue weighted by Crippen LogP contribution is -1.92. The molecule has 3 aromatic rings. The van der Waals surface area contributed by atoms with Crippen molar-refractivity contribution in [1.29, 1.82) is 0 Å². The molecule has 1 aromatic carbocycles. The molecule has 0 unspecified atom stereocenters. The van der Waals surface area contributed by atoms with Crippen LogP contribution in [-0.2, 0) is 6.42 Å². The summed E-state index contributed by atoms with van der Waals surface area (Å²) in [4.78, 5) is 3.98. The van der Waals surface area contributed by atoms with Crippen LogP contribution in [0.4, 0.5) is 5.82 Å². The lowest BCUT2D eigenvalue weighted by atomic mass is 10.1. The van der Waals surface area contributed by atoms with Crippen LogP contribution >= 0.6 is 0 Å². The maximum Gasteiger partial charge on any atom is 0.134 e. The fourth-order valence-electron chi connectivity index (χ4n) is 2.11. The molecule has 0 bridgehead atoms. The van der Waals surface area contributed by atoms with E-state index < -0.39 is 0 Å². The predicted molar refractivity (Wildman–Crippen MR) is 72.4 cm³/mol. The first-order chi connectivity index (χ1) is 8.70. The average Bonchev–Trinajstić information content (AvgIpc) is 2.70. The molecule has 0 amide bonds. The van der Waals surface area contributed by atoms with Crippen molar-refractivity contribution in [3.05, 3.63) is 59.5 Å². The van der Waals surface area contributed by atoms with Gasteiger partial charge in [-0.05, 0) is 42.8 Å². The fraction of sp³-hybridized carbons (Fsp3) is 0.133. The van der Waals surface area contributed by atoms with Crippen molar-refractivity contribution in [3.63, 3.8) is 0 Å². The van der Waals surface area contributed by atoms with Crippen molar-refractivity contribution in [2.24, 2.45) is 0 Å². The van der Waals surface area contributed by atoms with Gasteiger partial charge in [-0.1, -0.05) is 11.6 Å². The first-order valence-corrected chi connectivity index (χ1v) is 5.90. The van der Waals surface area contributed by atoms with Crippen molar-refractivity contribution >= 4 is 16.8 Å². The van der Waals surface area contributed by atoms with Crippen molar-refractivity contribution < 1.29 is 4.42 Å². The zero-order valence-electron chi connectivity index (χ0n) is 10.2. The van der Waals surface area contributed by atoms with Crippen LogP contribution in [0.15, 0.2) is 47.0 Å². The van der Waals surface area contributed by atoms with E-state index in [9.17, 15) is 0 Å². The van der Waals surface area contributed by atoms with Gasteiger partial charge in [0.25, 0.3) is 0 Å². The normalized spacial score (nSPS) is 10.9. The molecule has 18 heavy (non-hydrogen) atoms. The third-order valence-electron chi connectivity index (χ3n) is 2.95. The van der Waals surface area contributed by atoms with Crippen LogP contribution in [0.25, 0.3) is 11.0 Å². The molecule has 0 aliphatic rings. The van der Waals surface area contributed by atoms with Gasteiger partial charge in [0, 0.05) is 18.0 Å². The van der Waals surface area contributed by atoms with Gasteiger partial charge in [0.1, 0.15) is 17.2 Å². The minimum absolute atomic E-state index is 0.541. The molecule has 2 heterocycles. The third-order valence-corrected chi connectivity index (χ3v) is 2.95. The fourth-order valence-corrected chi connectivity index (χ4v) is 2.11. The number of fused-ring (bicyclic) bond motifs is 1.